The fourth-order valence-electron chi connectivity index (χ4n) is 2.26. The first kappa shape index (κ1) is 12.7. The number of likely N-dealkylation sites (tertiary alicyclic amines) is 1. The van der Waals surface area contributed by atoms with Crippen molar-refractivity contribution in [3.05, 3.63) is 23.4 Å². The first-order chi connectivity index (χ1) is 8.25. The molecule has 94 valence electrons. The number of aromatic nitrogens is 1. The molecule has 3 nitrogen and oxygen atoms in total. The molecule has 4 heteroatoms. The van der Waals surface area contributed by atoms with Gasteiger partial charge in [-0.25, -0.2) is 4.98 Å². The molecule has 2 rings (SSSR count). The van der Waals surface area contributed by atoms with E-state index in [4.69, 9.17) is 11.6 Å². The number of rotatable bonds is 5. The van der Waals surface area contributed by atoms with Crippen LogP contribution in [0.1, 0.15) is 19.8 Å². The van der Waals surface area contributed by atoms with E-state index in [1.807, 2.05) is 12.1 Å². The van der Waals surface area contributed by atoms with Crippen molar-refractivity contribution in [1.29, 1.82) is 0 Å². The summed E-state index contributed by atoms with van der Waals surface area (Å²) in [6.07, 6.45) is 4.47. The van der Waals surface area contributed by atoms with Crippen molar-refractivity contribution in [3.8, 4) is 0 Å². The summed E-state index contributed by atoms with van der Waals surface area (Å²) in [5.41, 5.74) is 0. The van der Waals surface area contributed by atoms with Gasteiger partial charge in [0.05, 0.1) is 5.02 Å². The van der Waals surface area contributed by atoms with Gasteiger partial charge in [0, 0.05) is 19.3 Å². The summed E-state index contributed by atoms with van der Waals surface area (Å²) in [5, 5.41) is 4.01. The Bertz CT molecular complexity index is 350. The molecule has 0 bridgehead atoms. The molecule has 2 heterocycles. The van der Waals surface area contributed by atoms with E-state index in [0.717, 1.165) is 18.9 Å². The summed E-state index contributed by atoms with van der Waals surface area (Å²) in [6.45, 7) is 6.87. The summed E-state index contributed by atoms with van der Waals surface area (Å²) >= 11 is 6.04. The van der Waals surface area contributed by atoms with Gasteiger partial charge in [0.1, 0.15) is 5.82 Å². The fourth-order valence-corrected chi connectivity index (χ4v) is 2.45. The van der Waals surface area contributed by atoms with Crippen LogP contribution in [0.25, 0.3) is 0 Å². The van der Waals surface area contributed by atoms with Crippen molar-refractivity contribution < 1.29 is 0 Å². The van der Waals surface area contributed by atoms with Crippen LogP contribution in [0.3, 0.4) is 0 Å². The highest BCUT2D eigenvalue weighted by atomic mass is 35.5. The SMILES string of the molecule is CC(CNc1ncccc1Cl)CN1CCCC1. The molecule has 0 saturated carbocycles. The Hall–Kier alpha value is -0.800. The van der Waals surface area contributed by atoms with Crippen molar-refractivity contribution in [3.63, 3.8) is 0 Å². The quantitative estimate of drug-likeness (QED) is 0.875. The zero-order chi connectivity index (χ0) is 12.1. The first-order valence-corrected chi connectivity index (χ1v) is 6.70. The molecule has 1 fully saturated rings. The Morgan fingerprint density at radius 2 is 2.24 bits per heavy atom. The Morgan fingerprint density at radius 3 is 2.94 bits per heavy atom. The van der Waals surface area contributed by atoms with Crippen molar-refractivity contribution in [2.45, 2.75) is 19.8 Å². The number of hydrogen-bond acceptors (Lipinski definition) is 3. The van der Waals surface area contributed by atoms with E-state index < -0.39 is 0 Å². The summed E-state index contributed by atoms with van der Waals surface area (Å²) in [4.78, 5) is 6.76. The number of hydrogen-bond donors (Lipinski definition) is 1. The van der Waals surface area contributed by atoms with Crippen LogP contribution >= 0.6 is 11.6 Å². The van der Waals surface area contributed by atoms with Crippen molar-refractivity contribution in [1.82, 2.24) is 9.88 Å². The average Bonchev–Trinajstić information content (AvgIpc) is 2.81. The van der Waals surface area contributed by atoms with Crippen LogP contribution in [0.5, 0.6) is 0 Å². The van der Waals surface area contributed by atoms with Gasteiger partial charge in [-0.2, -0.15) is 0 Å². The molecule has 0 radical (unpaired) electrons. The van der Waals surface area contributed by atoms with E-state index >= 15 is 0 Å². The summed E-state index contributed by atoms with van der Waals surface area (Å²) < 4.78 is 0. The standard InChI is InChI=1S/C13H20ClN3/c1-11(10-17-7-2-3-8-17)9-16-13-12(14)5-4-6-15-13/h4-6,11H,2-3,7-10H2,1H3,(H,15,16). The van der Waals surface area contributed by atoms with E-state index in [-0.39, 0.29) is 0 Å². The highest BCUT2D eigenvalue weighted by molar-refractivity contribution is 6.32. The van der Waals surface area contributed by atoms with Gasteiger partial charge in [0.25, 0.3) is 0 Å². The summed E-state index contributed by atoms with van der Waals surface area (Å²) in [5.74, 6) is 1.41. The third kappa shape index (κ3) is 3.86. The van der Waals surface area contributed by atoms with E-state index in [1.54, 1.807) is 6.20 Å². The highest BCUT2D eigenvalue weighted by Gasteiger charge is 2.14. The van der Waals surface area contributed by atoms with Gasteiger partial charge < -0.3 is 10.2 Å². The third-order valence-electron chi connectivity index (χ3n) is 3.15. The molecule has 1 aliphatic heterocycles. The maximum Gasteiger partial charge on any atom is 0.144 e. The van der Waals surface area contributed by atoms with Crippen LogP contribution < -0.4 is 5.32 Å². The van der Waals surface area contributed by atoms with Gasteiger partial charge in [-0.3, -0.25) is 0 Å². The minimum Gasteiger partial charge on any atom is -0.369 e. The molecule has 1 N–H and O–H groups in total. The van der Waals surface area contributed by atoms with Gasteiger partial charge in [0.2, 0.25) is 0 Å². The molecule has 0 amide bonds. The number of anilines is 1. The summed E-state index contributed by atoms with van der Waals surface area (Å²) in [7, 11) is 0. The van der Waals surface area contributed by atoms with E-state index in [9.17, 15) is 0 Å². The monoisotopic (exact) mass is 253 g/mol. The topological polar surface area (TPSA) is 28.2 Å². The Kier molecular flexibility index (Phi) is 4.63. The lowest BCUT2D eigenvalue weighted by atomic mass is 10.1. The van der Waals surface area contributed by atoms with Crippen LogP contribution in [0, 0.1) is 5.92 Å². The van der Waals surface area contributed by atoms with Gasteiger partial charge in [0.15, 0.2) is 0 Å². The third-order valence-corrected chi connectivity index (χ3v) is 3.45. The first-order valence-electron chi connectivity index (χ1n) is 6.32. The molecular weight excluding hydrogens is 234 g/mol. The second-order valence-corrected chi connectivity index (χ2v) is 5.23. The van der Waals surface area contributed by atoms with E-state index in [1.165, 1.54) is 25.9 Å². The molecule has 1 aromatic rings. The molecule has 1 aliphatic rings. The number of pyridine rings is 1. The molecule has 0 aromatic carbocycles. The van der Waals surface area contributed by atoms with Gasteiger partial charge in [-0.15, -0.1) is 0 Å². The molecule has 17 heavy (non-hydrogen) atoms. The molecule has 0 aliphatic carbocycles. The van der Waals surface area contributed by atoms with Crippen LogP contribution in [0.4, 0.5) is 5.82 Å². The lowest BCUT2D eigenvalue weighted by molar-refractivity contribution is 0.294. The molecular formula is C13H20ClN3. The van der Waals surface area contributed by atoms with E-state index in [0.29, 0.717) is 10.9 Å². The lowest BCUT2D eigenvalue weighted by Crippen LogP contribution is -2.29. The van der Waals surface area contributed by atoms with Gasteiger partial charge >= 0.3 is 0 Å². The Morgan fingerprint density at radius 1 is 1.47 bits per heavy atom. The highest BCUT2D eigenvalue weighted by Crippen LogP contribution is 2.18. The largest absolute Gasteiger partial charge is 0.369 e. The molecule has 1 unspecified atom stereocenters. The normalized spacial score (nSPS) is 18.2. The predicted molar refractivity (Wildman–Crippen MR) is 72.6 cm³/mol. The minimum atomic E-state index is 0.617. The maximum absolute atomic E-state index is 6.04. The van der Waals surface area contributed by atoms with Crippen LogP contribution in [-0.2, 0) is 0 Å². The van der Waals surface area contributed by atoms with Crippen LogP contribution in [0.2, 0.25) is 5.02 Å². The molecule has 0 spiro atoms. The van der Waals surface area contributed by atoms with Crippen molar-refractivity contribution in [2.75, 3.05) is 31.5 Å². The maximum atomic E-state index is 6.04. The number of nitrogens with zero attached hydrogens (tertiary/aromatic N) is 2. The van der Waals surface area contributed by atoms with Gasteiger partial charge in [-0.05, 0) is 44.0 Å². The lowest BCUT2D eigenvalue weighted by Gasteiger charge is -2.20. The molecule has 1 aromatic heterocycles. The average molecular weight is 254 g/mol. The van der Waals surface area contributed by atoms with Gasteiger partial charge in [-0.1, -0.05) is 18.5 Å². The second-order valence-electron chi connectivity index (χ2n) is 4.83. The molecule has 1 atom stereocenters. The zero-order valence-corrected chi connectivity index (χ0v) is 11.1. The number of nitrogens with one attached hydrogen (secondary N) is 1. The van der Waals surface area contributed by atoms with E-state index in [2.05, 4.69) is 22.1 Å². The Labute approximate surface area is 108 Å². The number of halogens is 1. The predicted octanol–water partition coefficient (Wildman–Crippen LogP) is 2.88. The minimum absolute atomic E-state index is 0.617. The van der Waals surface area contributed by atoms with Crippen molar-refractivity contribution >= 4 is 17.4 Å². The second kappa shape index (κ2) is 6.22. The Balaban J connectivity index is 1.75. The smallest absolute Gasteiger partial charge is 0.144 e. The van der Waals surface area contributed by atoms with Crippen molar-refractivity contribution in [2.24, 2.45) is 5.92 Å². The fraction of sp³-hybridized carbons (Fsp3) is 0.615. The van der Waals surface area contributed by atoms with Crippen LogP contribution in [0.15, 0.2) is 18.3 Å². The molecule has 1 saturated heterocycles. The van der Waals surface area contributed by atoms with Crippen LogP contribution in [-0.4, -0.2) is 36.1 Å². The summed E-state index contributed by atoms with van der Waals surface area (Å²) in [6, 6.07) is 3.71. The zero-order valence-electron chi connectivity index (χ0n) is 10.3.